The van der Waals surface area contributed by atoms with Gasteiger partial charge >= 0.3 is 0 Å². The molecule has 0 heterocycles. The molecule has 0 fully saturated rings. The van der Waals surface area contributed by atoms with Crippen molar-refractivity contribution in [3.63, 3.8) is 0 Å². The maximum Gasteiger partial charge on any atom is 0.264 e. The van der Waals surface area contributed by atoms with Gasteiger partial charge in [0.25, 0.3) is 10.0 Å². The van der Waals surface area contributed by atoms with Crippen molar-refractivity contribution in [1.29, 1.82) is 0 Å². The third-order valence-corrected chi connectivity index (χ3v) is 7.50. The normalized spacial score (nSPS) is 11.1. The Morgan fingerprint density at radius 1 is 0.941 bits per heavy atom. The van der Waals surface area contributed by atoms with Crippen molar-refractivity contribution in [2.75, 3.05) is 22.8 Å². The van der Waals surface area contributed by atoms with Crippen LogP contribution in [0, 0.1) is 0 Å². The van der Waals surface area contributed by atoms with E-state index in [1.54, 1.807) is 36.4 Å². The van der Waals surface area contributed by atoms with Crippen molar-refractivity contribution in [2.45, 2.75) is 38.0 Å². The molecule has 1 amide bonds. The van der Waals surface area contributed by atoms with E-state index in [9.17, 15) is 13.2 Å². The number of carbonyl (C=O) groups excluding carboxylic acids is 1. The lowest BCUT2D eigenvalue weighted by Crippen LogP contribution is -2.38. The number of aryl methyl sites for hydroxylation is 1. The van der Waals surface area contributed by atoms with Crippen molar-refractivity contribution in [3.8, 4) is 5.75 Å². The number of ether oxygens (including phenoxy) is 1. The summed E-state index contributed by atoms with van der Waals surface area (Å²) in [6.45, 7) is 4.15. The topological polar surface area (TPSA) is 75.7 Å². The molecule has 0 aliphatic heterocycles. The van der Waals surface area contributed by atoms with E-state index in [2.05, 4.69) is 28.2 Å². The molecule has 180 valence electrons. The molecule has 0 aliphatic carbocycles. The molecular weight excluding hydrogens is 516 g/mol. The first kappa shape index (κ1) is 25.8. The number of nitrogens with zero attached hydrogens (tertiary/aromatic N) is 1. The number of nitrogens with one attached hydrogen (secondary N) is 1. The van der Waals surface area contributed by atoms with E-state index in [0.717, 1.165) is 28.0 Å². The SMILES string of the molecule is CCCCc1ccc(NC(=O)CN(c2ccc(OCC)cc2)S(=O)(=O)c2ccc(Br)cc2)cc1. The Kier molecular flexibility index (Phi) is 9.12. The Hall–Kier alpha value is -2.84. The van der Waals surface area contributed by atoms with Crippen molar-refractivity contribution < 1.29 is 17.9 Å². The number of sulfonamides is 1. The molecule has 0 saturated heterocycles. The fraction of sp³-hybridized carbons (Fsp3) is 0.269. The standard InChI is InChI=1S/C26H29BrN2O4S/c1-3-5-6-20-7-11-22(12-8-20)28-26(30)19-29(23-13-15-24(16-14-23)33-4-2)34(31,32)25-17-9-21(27)10-18-25/h7-18H,3-6,19H2,1-2H3,(H,28,30). The molecule has 1 N–H and O–H groups in total. The summed E-state index contributed by atoms with van der Waals surface area (Å²) >= 11 is 3.33. The molecule has 0 radical (unpaired) electrons. The maximum absolute atomic E-state index is 13.5. The van der Waals surface area contributed by atoms with Gasteiger partial charge in [-0.2, -0.15) is 0 Å². The van der Waals surface area contributed by atoms with Gasteiger partial charge in [0.1, 0.15) is 12.3 Å². The average Bonchev–Trinajstić information content (AvgIpc) is 2.83. The van der Waals surface area contributed by atoms with Gasteiger partial charge in [-0.1, -0.05) is 41.4 Å². The number of carbonyl (C=O) groups is 1. The smallest absolute Gasteiger partial charge is 0.264 e. The van der Waals surface area contributed by atoms with Crippen LogP contribution >= 0.6 is 15.9 Å². The number of rotatable bonds is 11. The zero-order chi connectivity index (χ0) is 24.6. The van der Waals surface area contributed by atoms with E-state index in [0.29, 0.717) is 23.7 Å². The number of amides is 1. The van der Waals surface area contributed by atoms with Crippen LogP contribution in [0.5, 0.6) is 5.75 Å². The van der Waals surface area contributed by atoms with Crippen LogP contribution in [-0.4, -0.2) is 27.5 Å². The van der Waals surface area contributed by atoms with E-state index in [1.165, 1.54) is 17.7 Å². The highest BCUT2D eigenvalue weighted by Gasteiger charge is 2.27. The third kappa shape index (κ3) is 6.84. The number of benzene rings is 3. The first-order chi connectivity index (χ1) is 16.3. The van der Waals surface area contributed by atoms with Crippen LogP contribution < -0.4 is 14.4 Å². The second-order valence-corrected chi connectivity index (χ2v) is 10.5. The van der Waals surface area contributed by atoms with Crippen LogP contribution in [0.4, 0.5) is 11.4 Å². The summed E-state index contributed by atoms with van der Waals surface area (Å²) in [6.07, 6.45) is 3.21. The Labute approximate surface area is 210 Å². The van der Waals surface area contributed by atoms with Gasteiger partial charge in [0.05, 0.1) is 17.2 Å². The predicted octanol–water partition coefficient (Wildman–Crippen LogP) is 6.02. The Morgan fingerprint density at radius 3 is 2.18 bits per heavy atom. The molecule has 3 aromatic carbocycles. The van der Waals surface area contributed by atoms with E-state index < -0.39 is 15.9 Å². The summed E-state index contributed by atoms with van der Waals surface area (Å²) in [4.78, 5) is 13.0. The van der Waals surface area contributed by atoms with Gasteiger partial charge in [-0.25, -0.2) is 8.42 Å². The summed E-state index contributed by atoms with van der Waals surface area (Å²) in [5.74, 6) is 0.190. The lowest BCUT2D eigenvalue weighted by atomic mass is 10.1. The summed E-state index contributed by atoms with van der Waals surface area (Å²) in [5.41, 5.74) is 2.20. The monoisotopic (exact) mass is 544 g/mol. The van der Waals surface area contributed by atoms with Gasteiger partial charge in [-0.15, -0.1) is 0 Å². The second kappa shape index (κ2) is 12.0. The van der Waals surface area contributed by atoms with E-state index in [1.807, 2.05) is 31.2 Å². The Bertz CT molecular complexity index is 1180. The number of hydrogen-bond acceptors (Lipinski definition) is 4. The lowest BCUT2D eigenvalue weighted by Gasteiger charge is -2.24. The van der Waals surface area contributed by atoms with Crippen LogP contribution in [0.1, 0.15) is 32.3 Å². The molecule has 3 aromatic rings. The minimum Gasteiger partial charge on any atom is -0.494 e. The lowest BCUT2D eigenvalue weighted by molar-refractivity contribution is -0.114. The maximum atomic E-state index is 13.5. The van der Waals surface area contributed by atoms with Crippen LogP contribution in [0.2, 0.25) is 0 Å². The zero-order valence-corrected chi connectivity index (χ0v) is 21.7. The quantitative estimate of drug-likeness (QED) is 0.320. The Morgan fingerprint density at radius 2 is 1.59 bits per heavy atom. The largest absolute Gasteiger partial charge is 0.494 e. The van der Waals surface area contributed by atoms with Gasteiger partial charge in [0.2, 0.25) is 5.91 Å². The van der Waals surface area contributed by atoms with Gasteiger partial charge in [-0.3, -0.25) is 9.10 Å². The Balaban J connectivity index is 1.84. The van der Waals surface area contributed by atoms with Crippen LogP contribution in [-0.2, 0) is 21.2 Å². The third-order valence-electron chi connectivity index (χ3n) is 5.18. The predicted molar refractivity (Wildman–Crippen MR) is 140 cm³/mol. The molecule has 0 atom stereocenters. The van der Waals surface area contributed by atoms with E-state index in [-0.39, 0.29) is 11.4 Å². The van der Waals surface area contributed by atoms with Crippen molar-refractivity contribution >= 4 is 43.2 Å². The van der Waals surface area contributed by atoms with Crippen molar-refractivity contribution in [2.24, 2.45) is 0 Å². The first-order valence-corrected chi connectivity index (χ1v) is 13.5. The summed E-state index contributed by atoms with van der Waals surface area (Å²) < 4.78 is 34.3. The van der Waals surface area contributed by atoms with Gasteiger partial charge < -0.3 is 10.1 Å². The minimum atomic E-state index is -3.99. The van der Waals surface area contributed by atoms with Crippen LogP contribution in [0.3, 0.4) is 0 Å². The zero-order valence-electron chi connectivity index (χ0n) is 19.3. The molecule has 6 nitrogen and oxygen atoms in total. The molecule has 0 unspecified atom stereocenters. The van der Waals surface area contributed by atoms with Gasteiger partial charge in [-0.05, 0) is 86.0 Å². The number of anilines is 2. The number of hydrogen-bond donors (Lipinski definition) is 1. The molecular formula is C26H29BrN2O4S. The average molecular weight is 545 g/mol. The molecule has 0 spiro atoms. The molecule has 0 aliphatic rings. The molecule has 8 heteroatoms. The highest BCUT2D eigenvalue weighted by atomic mass is 79.9. The van der Waals surface area contributed by atoms with Gasteiger partial charge in [0, 0.05) is 10.2 Å². The van der Waals surface area contributed by atoms with Crippen LogP contribution in [0.25, 0.3) is 0 Å². The molecule has 0 saturated carbocycles. The first-order valence-electron chi connectivity index (χ1n) is 11.2. The van der Waals surface area contributed by atoms with Crippen molar-refractivity contribution in [3.05, 3.63) is 82.8 Å². The molecule has 0 bridgehead atoms. The number of unbranched alkanes of at least 4 members (excludes halogenated alkanes) is 1. The summed E-state index contributed by atoms with van der Waals surface area (Å²) in [7, 11) is -3.99. The highest BCUT2D eigenvalue weighted by Crippen LogP contribution is 2.27. The second-order valence-electron chi connectivity index (χ2n) is 7.74. The van der Waals surface area contributed by atoms with E-state index in [4.69, 9.17) is 4.74 Å². The number of halogens is 1. The van der Waals surface area contributed by atoms with Crippen molar-refractivity contribution in [1.82, 2.24) is 0 Å². The van der Waals surface area contributed by atoms with Crippen LogP contribution in [0.15, 0.2) is 82.2 Å². The van der Waals surface area contributed by atoms with E-state index >= 15 is 0 Å². The fourth-order valence-corrected chi connectivity index (χ4v) is 5.08. The highest BCUT2D eigenvalue weighted by molar-refractivity contribution is 9.10. The summed E-state index contributed by atoms with van der Waals surface area (Å²) in [6, 6.07) is 20.6. The fourth-order valence-electron chi connectivity index (χ4n) is 3.39. The molecule has 34 heavy (non-hydrogen) atoms. The minimum absolute atomic E-state index is 0.0951. The molecule has 3 rings (SSSR count). The molecule has 0 aromatic heterocycles. The van der Waals surface area contributed by atoms with Gasteiger partial charge in [0.15, 0.2) is 0 Å². The summed E-state index contributed by atoms with van der Waals surface area (Å²) in [5, 5.41) is 2.81.